The number of H-pyrrole nitrogens is 1. The summed E-state index contributed by atoms with van der Waals surface area (Å²) in [6.07, 6.45) is 1.30. The molecule has 0 atom stereocenters. The van der Waals surface area contributed by atoms with Crippen LogP contribution in [-0.2, 0) is 5.41 Å². The first-order valence-corrected chi connectivity index (χ1v) is 8.12. The molecule has 0 aliphatic heterocycles. The van der Waals surface area contributed by atoms with Crippen LogP contribution in [0.5, 0.6) is 5.75 Å². The molecule has 2 aromatic carbocycles. The molecule has 0 aliphatic rings. The summed E-state index contributed by atoms with van der Waals surface area (Å²) in [4.78, 5) is 28.0. The number of phenolic OH excluding ortho intramolecular Hbond substituents is 1. The van der Waals surface area contributed by atoms with E-state index in [0.717, 1.165) is 11.6 Å². The molecule has 26 heavy (non-hydrogen) atoms. The first-order chi connectivity index (χ1) is 12.2. The van der Waals surface area contributed by atoms with Gasteiger partial charge < -0.3 is 15.4 Å². The summed E-state index contributed by atoms with van der Waals surface area (Å²) in [6, 6.07) is 8.49. The van der Waals surface area contributed by atoms with Crippen LogP contribution in [0.1, 0.15) is 36.7 Å². The van der Waals surface area contributed by atoms with Crippen LogP contribution >= 0.6 is 0 Å². The molecule has 6 heteroatoms. The van der Waals surface area contributed by atoms with Crippen LogP contribution in [0.15, 0.2) is 47.4 Å². The number of halogens is 1. The molecule has 1 amide bonds. The molecule has 3 aromatic rings. The lowest BCUT2D eigenvalue weighted by Gasteiger charge is -2.23. The number of aromatic nitrogens is 1. The topological polar surface area (TPSA) is 82.2 Å². The Labute approximate surface area is 149 Å². The van der Waals surface area contributed by atoms with Crippen molar-refractivity contribution in [2.24, 2.45) is 0 Å². The highest BCUT2D eigenvalue weighted by Crippen LogP contribution is 2.32. The molecular weight excluding hydrogens is 335 g/mol. The number of nitrogens with one attached hydrogen (secondary N) is 2. The normalized spacial score (nSPS) is 11.5. The summed E-state index contributed by atoms with van der Waals surface area (Å²) in [5.74, 6) is -1.18. The van der Waals surface area contributed by atoms with Gasteiger partial charge in [-0.15, -0.1) is 0 Å². The summed E-state index contributed by atoms with van der Waals surface area (Å²) in [5, 5.41) is 12.5. The minimum atomic E-state index is -0.631. The largest absolute Gasteiger partial charge is 0.508 e. The van der Waals surface area contributed by atoms with Crippen molar-refractivity contribution in [1.82, 2.24) is 4.98 Å². The molecule has 1 aromatic heterocycles. The number of aromatic amines is 1. The molecule has 0 unspecified atom stereocenters. The van der Waals surface area contributed by atoms with Gasteiger partial charge in [0.25, 0.3) is 5.91 Å². The number of hydrogen-bond donors (Lipinski definition) is 3. The fraction of sp³-hybridized carbons (Fsp3) is 0.200. The van der Waals surface area contributed by atoms with E-state index >= 15 is 0 Å². The summed E-state index contributed by atoms with van der Waals surface area (Å²) < 4.78 is 13.4. The maximum atomic E-state index is 13.4. The molecule has 134 valence electrons. The Kier molecular flexibility index (Phi) is 4.28. The van der Waals surface area contributed by atoms with Crippen molar-refractivity contribution in [1.29, 1.82) is 0 Å². The predicted molar refractivity (Wildman–Crippen MR) is 99.3 cm³/mol. The average Bonchev–Trinajstić information content (AvgIpc) is 2.54. The highest BCUT2D eigenvalue weighted by Gasteiger charge is 2.21. The van der Waals surface area contributed by atoms with Crippen molar-refractivity contribution in [3.8, 4) is 5.75 Å². The van der Waals surface area contributed by atoms with Crippen LogP contribution in [-0.4, -0.2) is 16.0 Å². The number of fused-ring (bicyclic) bond motifs is 1. The second-order valence-corrected chi connectivity index (χ2v) is 7.16. The van der Waals surface area contributed by atoms with Crippen LogP contribution in [0.3, 0.4) is 0 Å². The van der Waals surface area contributed by atoms with Crippen molar-refractivity contribution < 1.29 is 14.3 Å². The zero-order chi connectivity index (χ0) is 19.1. The number of phenols is 1. The fourth-order valence-corrected chi connectivity index (χ4v) is 2.84. The number of rotatable bonds is 2. The Hall–Kier alpha value is -3.15. The number of pyridine rings is 1. The van der Waals surface area contributed by atoms with Crippen molar-refractivity contribution in [3.63, 3.8) is 0 Å². The molecule has 3 rings (SSSR count). The Morgan fingerprint density at radius 2 is 1.88 bits per heavy atom. The molecule has 1 heterocycles. The van der Waals surface area contributed by atoms with E-state index in [4.69, 9.17) is 0 Å². The van der Waals surface area contributed by atoms with E-state index in [9.17, 15) is 19.1 Å². The number of hydrogen-bond acceptors (Lipinski definition) is 3. The Morgan fingerprint density at radius 3 is 2.58 bits per heavy atom. The van der Waals surface area contributed by atoms with Crippen LogP contribution in [0, 0.1) is 5.82 Å². The van der Waals surface area contributed by atoms with Gasteiger partial charge in [-0.2, -0.15) is 0 Å². The van der Waals surface area contributed by atoms with Gasteiger partial charge in [0.1, 0.15) is 17.1 Å². The van der Waals surface area contributed by atoms with Gasteiger partial charge in [0.2, 0.25) is 5.43 Å². The maximum absolute atomic E-state index is 13.4. The molecule has 0 fully saturated rings. The van der Waals surface area contributed by atoms with Gasteiger partial charge in [0.15, 0.2) is 0 Å². The number of carbonyl (C=O) groups excluding carboxylic acids is 1. The molecule has 5 nitrogen and oxygen atoms in total. The van der Waals surface area contributed by atoms with Crippen LogP contribution < -0.4 is 10.7 Å². The summed E-state index contributed by atoms with van der Waals surface area (Å²) >= 11 is 0. The van der Waals surface area contributed by atoms with E-state index in [0.29, 0.717) is 11.2 Å². The minimum absolute atomic E-state index is 0.00259. The monoisotopic (exact) mass is 354 g/mol. The second kappa shape index (κ2) is 6.29. The lowest BCUT2D eigenvalue weighted by atomic mass is 9.85. The average molecular weight is 354 g/mol. The fourth-order valence-electron chi connectivity index (χ4n) is 2.84. The van der Waals surface area contributed by atoms with E-state index in [-0.39, 0.29) is 22.1 Å². The van der Waals surface area contributed by atoms with Crippen molar-refractivity contribution in [3.05, 3.63) is 69.8 Å². The van der Waals surface area contributed by atoms with Gasteiger partial charge in [-0.1, -0.05) is 26.8 Å². The number of aromatic hydroxyl groups is 1. The molecule has 0 saturated heterocycles. The highest BCUT2D eigenvalue weighted by atomic mass is 19.1. The smallest absolute Gasteiger partial charge is 0.261 e. The molecule has 0 saturated carbocycles. The third kappa shape index (κ3) is 3.31. The molecule has 0 spiro atoms. The van der Waals surface area contributed by atoms with Crippen molar-refractivity contribution in [2.45, 2.75) is 26.2 Å². The predicted octanol–water partition coefficient (Wildman–Crippen LogP) is 3.92. The number of carbonyl (C=O) groups is 1. The number of anilines is 1. The standard InChI is InChI=1S/C20H19FN2O3/c1-20(2,3)15-6-5-12(24)9-17(15)23-19(26)14-10-22-16-7-4-11(21)8-13(16)18(14)25/h4-10,24H,1-3H3,(H,22,25)(H,23,26). The molecule has 0 radical (unpaired) electrons. The van der Waals surface area contributed by atoms with Crippen LogP contribution in [0.4, 0.5) is 10.1 Å². The van der Waals surface area contributed by atoms with Gasteiger partial charge >= 0.3 is 0 Å². The molecule has 3 N–H and O–H groups in total. The van der Waals surface area contributed by atoms with E-state index < -0.39 is 17.2 Å². The minimum Gasteiger partial charge on any atom is -0.508 e. The third-order valence-electron chi connectivity index (χ3n) is 4.15. The van der Waals surface area contributed by atoms with Gasteiger partial charge in [0.05, 0.1) is 0 Å². The molecule has 0 aliphatic carbocycles. The zero-order valence-corrected chi connectivity index (χ0v) is 14.7. The van der Waals surface area contributed by atoms with Crippen LogP contribution in [0.2, 0.25) is 0 Å². The maximum Gasteiger partial charge on any atom is 0.261 e. The number of amides is 1. The van der Waals surface area contributed by atoms with Gasteiger partial charge in [-0.05, 0) is 35.2 Å². The van der Waals surface area contributed by atoms with E-state index in [2.05, 4.69) is 10.3 Å². The molecule has 0 bridgehead atoms. The molecular formula is C20H19FN2O3. The Bertz CT molecular complexity index is 1060. The Morgan fingerprint density at radius 1 is 1.15 bits per heavy atom. The number of benzene rings is 2. The first-order valence-electron chi connectivity index (χ1n) is 8.12. The van der Waals surface area contributed by atoms with Gasteiger partial charge in [0, 0.05) is 28.9 Å². The zero-order valence-electron chi connectivity index (χ0n) is 14.7. The highest BCUT2D eigenvalue weighted by molar-refractivity contribution is 6.06. The first kappa shape index (κ1) is 17.7. The van der Waals surface area contributed by atoms with E-state index in [1.54, 1.807) is 12.1 Å². The van der Waals surface area contributed by atoms with Crippen molar-refractivity contribution in [2.75, 3.05) is 5.32 Å². The van der Waals surface area contributed by atoms with Crippen LogP contribution in [0.25, 0.3) is 10.9 Å². The summed E-state index contributed by atoms with van der Waals surface area (Å²) in [6.45, 7) is 5.92. The Balaban J connectivity index is 2.04. The lowest BCUT2D eigenvalue weighted by Crippen LogP contribution is -2.24. The van der Waals surface area contributed by atoms with Gasteiger partial charge in [-0.3, -0.25) is 9.59 Å². The van der Waals surface area contributed by atoms with Gasteiger partial charge in [-0.25, -0.2) is 4.39 Å². The van der Waals surface area contributed by atoms with E-state index in [1.165, 1.54) is 24.4 Å². The second-order valence-electron chi connectivity index (χ2n) is 7.16. The summed E-state index contributed by atoms with van der Waals surface area (Å²) in [5.41, 5.74) is 0.697. The quantitative estimate of drug-likeness (QED) is 0.652. The third-order valence-corrected chi connectivity index (χ3v) is 4.15. The van der Waals surface area contributed by atoms with E-state index in [1.807, 2.05) is 20.8 Å². The lowest BCUT2D eigenvalue weighted by molar-refractivity contribution is 0.102. The SMILES string of the molecule is CC(C)(C)c1ccc(O)cc1NC(=O)c1c[nH]c2ccc(F)cc2c1=O. The van der Waals surface area contributed by atoms with Crippen molar-refractivity contribution >= 4 is 22.5 Å². The summed E-state index contributed by atoms with van der Waals surface area (Å²) in [7, 11) is 0.